The first kappa shape index (κ1) is 15.8. The molecule has 0 aliphatic carbocycles. The number of carboxylic acids is 1. The smallest absolute Gasteiger partial charge is 0.339 e. The van der Waals surface area contributed by atoms with Crippen molar-refractivity contribution in [3.8, 4) is 11.5 Å². The normalized spacial score (nSPS) is 11.3. The van der Waals surface area contributed by atoms with Crippen LogP contribution in [0.2, 0.25) is 0 Å². The Morgan fingerprint density at radius 2 is 1.67 bits per heavy atom. The topological polar surface area (TPSA) is 101 Å². The van der Waals surface area contributed by atoms with E-state index in [1.54, 1.807) is 36.4 Å². The van der Waals surface area contributed by atoms with E-state index in [9.17, 15) is 18.3 Å². The van der Waals surface area contributed by atoms with E-state index in [0.29, 0.717) is 5.39 Å². The van der Waals surface area contributed by atoms with Crippen LogP contribution in [0.15, 0.2) is 65.6 Å². The van der Waals surface area contributed by atoms with Gasteiger partial charge in [0.05, 0.1) is 0 Å². The second-order valence-corrected chi connectivity index (χ2v) is 6.51. The van der Waals surface area contributed by atoms with E-state index in [2.05, 4.69) is 0 Å². The first-order chi connectivity index (χ1) is 11.4. The zero-order chi connectivity index (χ0) is 17.3. The fourth-order valence-corrected chi connectivity index (χ4v) is 3.48. The van der Waals surface area contributed by atoms with Crippen LogP contribution in [0.4, 0.5) is 0 Å². The van der Waals surface area contributed by atoms with Crippen molar-refractivity contribution in [3.05, 3.63) is 66.2 Å². The molecular weight excluding hydrogens is 332 g/mol. The van der Waals surface area contributed by atoms with E-state index < -0.39 is 21.8 Å². The van der Waals surface area contributed by atoms with Gasteiger partial charge >= 0.3 is 16.1 Å². The Morgan fingerprint density at radius 3 is 2.38 bits per heavy atom. The van der Waals surface area contributed by atoms with Crippen LogP contribution in [-0.2, 0) is 10.1 Å². The molecule has 122 valence electrons. The standard InChI is InChI=1S/C17H12O6S/c18-15-10-12(8-9-14(15)17(19)20)23-24(21,22)16-7-3-5-11-4-1-2-6-13(11)16/h1-10,18H,(H,19,20). The van der Waals surface area contributed by atoms with Gasteiger partial charge in [0, 0.05) is 11.5 Å². The van der Waals surface area contributed by atoms with Gasteiger partial charge in [0.15, 0.2) is 0 Å². The molecule has 0 aliphatic heterocycles. The van der Waals surface area contributed by atoms with Crippen LogP contribution >= 0.6 is 0 Å². The molecular formula is C17H12O6S. The van der Waals surface area contributed by atoms with Crippen molar-refractivity contribution in [3.63, 3.8) is 0 Å². The molecule has 0 aliphatic rings. The van der Waals surface area contributed by atoms with Crippen molar-refractivity contribution >= 4 is 26.9 Å². The highest BCUT2D eigenvalue weighted by atomic mass is 32.2. The molecule has 7 heteroatoms. The number of hydrogen-bond acceptors (Lipinski definition) is 5. The summed E-state index contributed by atoms with van der Waals surface area (Å²) < 4.78 is 30.1. The maximum Gasteiger partial charge on any atom is 0.339 e. The molecule has 0 saturated carbocycles. The fourth-order valence-electron chi connectivity index (χ4n) is 2.33. The van der Waals surface area contributed by atoms with E-state index in [0.717, 1.165) is 17.5 Å². The summed E-state index contributed by atoms with van der Waals surface area (Å²) in [4.78, 5) is 10.9. The van der Waals surface area contributed by atoms with Gasteiger partial charge in [-0.1, -0.05) is 36.4 Å². The molecule has 0 atom stereocenters. The molecule has 3 rings (SSSR count). The molecule has 0 bridgehead atoms. The van der Waals surface area contributed by atoms with Crippen LogP contribution in [0.3, 0.4) is 0 Å². The maximum absolute atomic E-state index is 12.5. The zero-order valence-electron chi connectivity index (χ0n) is 12.2. The minimum Gasteiger partial charge on any atom is -0.507 e. The average Bonchev–Trinajstić information content (AvgIpc) is 2.53. The lowest BCUT2D eigenvalue weighted by Crippen LogP contribution is -2.10. The maximum atomic E-state index is 12.5. The van der Waals surface area contributed by atoms with E-state index >= 15 is 0 Å². The first-order valence-electron chi connectivity index (χ1n) is 6.87. The quantitative estimate of drug-likeness (QED) is 0.706. The summed E-state index contributed by atoms with van der Waals surface area (Å²) in [6, 6.07) is 15.0. The summed E-state index contributed by atoms with van der Waals surface area (Å²) in [5, 5.41) is 19.8. The SMILES string of the molecule is O=C(O)c1ccc(OS(=O)(=O)c2cccc3ccccc23)cc1O. The van der Waals surface area contributed by atoms with Gasteiger partial charge in [0.1, 0.15) is 22.0 Å². The molecule has 0 amide bonds. The minimum atomic E-state index is -4.15. The van der Waals surface area contributed by atoms with Crippen molar-refractivity contribution in [1.29, 1.82) is 0 Å². The van der Waals surface area contributed by atoms with Gasteiger partial charge in [-0.25, -0.2) is 4.79 Å². The zero-order valence-corrected chi connectivity index (χ0v) is 13.0. The van der Waals surface area contributed by atoms with Crippen LogP contribution in [0.5, 0.6) is 11.5 Å². The van der Waals surface area contributed by atoms with E-state index in [1.165, 1.54) is 12.1 Å². The van der Waals surface area contributed by atoms with Gasteiger partial charge < -0.3 is 14.4 Å². The third kappa shape index (κ3) is 2.89. The monoisotopic (exact) mass is 344 g/mol. The van der Waals surface area contributed by atoms with E-state index in [1.807, 2.05) is 0 Å². The molecule has 2 N–H and O–H groups in total. The van der Waals surface area contributed by atoms with Gasteiger partial charge in [-0.15, -0.1) is 0 Å². The first-order valence-corrected chi connectivity index (χ1v) is 8.28. The van der Waals surface area contributed by atoms with Crippen LogP contribution in [0.1, 0.15) is 10.4 Å². The van der Waals surface area contributed by atoms with Gasteiger partial charge in [-0.05, 0) is 23.6 Å². The van der Waals surface area contributed by atoms with Gasteiger partial charge in [0.2, 0.25) is 0 Å². The van der Waals surface area contributed by atoms with Crippen molar-refractivity contribution in [2.75, 3.05) is 0 Å². The van der Waals surface area contributed by atoms with E-state index in [4.69, 9.17) is 9.29 Å². The molecule has 0 saturated heterocycles. The van der Waals surface area contributed by atoms with Gasteiger partial charge in [0.25, 0.3) is 0 Å². The largest absolute Gasteiger partial charge is 0.507 e. The van der Waals surface area contributed by atoms with Gasteiger partial charge in [-0.3, -0.25) is 0 Å². The predicted octanol–water partition coefficient (Wildman–Crippen LogP) is 3.01. The lowest BCUT2D eigenvalue weighted by molar-refractivity contribution is 0.0693. The number of fused-ring (bicyclic) bond motifs is 1. The number of hydrogen-bond donors (Lipinski definition) is 2. The molecule has 0 spiro atoms. The third-order valence-electron chi connectivity index (χ3n) is 3.42. The Hall–Kier alpha value is -3.06. The highest BCUT2D eigenvalue weighted by molar-refractivity contribution is 7.87. The number of carbonyl (C=O) groups is 1. The molecule has 0 fully saturated rings. The molecule has 3 aromatic carbocycles. The Balaban J connectivity index is 2.02. The number of rotatable bonds is 4. The Morgan fingerprint density at radius 1 is 0.958 bits per heavy atom. The summed E-state index contributed by atoms with van der Waals surface area (Å²) >= 11 is 0. The second kappa shape index (κ2) is 5.86. The molecule has 24 heavy (non-hydrogen) atoms. The Kier molecular flexibility index (Phi) is 3.86. The lowest BCUT2D eigenvalue weighted by atomic mass is 10.1. The summed E-state index contributed by atoms with van der Waals surface area (Å²) in [6.45, 7) is 0. The van der Waals surface area contributed by atoms with Gasteiger partial charge in [-0.2, -0.15) is 8.42 Å². The average molecular weight is 344 g/mol. The molecule has 0 unspecified atom stereocenters. The highest BCUT2D eigenvalue weighted by Gasteiger charge is 2.20. The van der Waals surface area contributed by atoms with Crippen molar-refractivity contribution in [2.24, 2.45) is 0 Å². The minimum absolute atomic E-state index is 0.0117. The van der Waals surface area contributed by atoms with Crippen LogP contribution < -0.4 is 4.18 Å². The summed E-state index contributed by atoms with van der Waals surface area (Å²) in [5.74, 6) is -2.07. The lowest BCUT2D eigenvalue weighted by Gasteiger charge is -2.10. The fraction of sp³-hybridized carbons (Fsp3) is 0. The summed E-state index contributed by atoms with van der Waals surface area (Å²) in [5.41, 5.74) is -0.343. The third-order valence-corrected chi connectivity index (χ3v) is 4.73. The Bertz CT molecular complexity index is 1030. The molecule has 0 radical (unpaired) electrons. The molecule has 0 aromatic heterocycles. The van der Waals surface area contributed by atoms with Crippen LogP contribution in [0.25, 0.3) is 10.8 Å². The van der Waals surface area contributed by atoms with Crippen molar-refractivity contribution < 1.29 is 27.6 Å². The number of carboxylic acid groups (broad SMARTS) is 1. The molecule has 0 heterocycles. The molecule has 3 aromatic rings. The molecule has 6 nitrogen and oxygen atoms in total. The summed E-state index contributed by atoms with van der Waals surface area (Å²) in [7, 11) is -4.15. The summed E-state index contributed by atoms with van der Waals surface area (Å²) in [6.07, 6.45) is 0. The van der Waals surface area contributed by atoms with Crippen molar-refractivity contribution in [2.45, 2.75) is 4.90 Å². The Labute approximate surface area is 137 Å². The number of aromatic carboxylic acids is 1. The number of phenols is 1. The van der Waals surface area contributed by atoms with Crippen molar-refractivity contribution in [1.82, 2.24) is 0 Å². The number of benzene rings is 3. The predicted molar refractivity (Wildman–Crippen MR) is 86.8 cm³/mol. The van der Waals surface area contributed by atoms with E-state index in [-0.39, 0.29) is 16.2 Å². The van der Waals surface area contributed by atoms with Crippen LogP contribution in [0, 0.1) is 0 Å². The number of aromatic hydroxyl groups is 1. The highest BCUT2D eigenvalue weighted by Crippen LogP contribution is 2.29. The van der Waals surface area contributed by atoms with Crippen LogP contribution in [-0.4, -0.2) is 24.6 Å². The second-order valence-electron chi connectivity index (χ2n) is 5.00.